The summed E-state index contributed by atoms with van der Waals surface area (Å²) in [5.41, 5.74) is 8.59. The molecule has 1 saturated heterocycles. The molecule has 1 aromatic heterocycles. The number of primary amides is 1. The van der Waals surface area contributed by atoms with Crippen molar-refractivity contribution in [1.29, 1.82) is 0 Å². The highest BCUT2D eigenvalue weighted by molar-refractivity contribution is 5.75. The van der Waals surface area contributed by atoms with Gasteiger partial charge in [0.2, 0.25) is 11.9 Å². The number of anilines is 4. The molecule has 30 heavy (non-hydrogen) atoms. The molecule has 1 aliphatic rings. The molecule has 1 aromatic carbocycles. The van der Waals surface area contributed by atoms with Crippen LogP contribution in [-0.4, -0.2) is 35.0 Å². The van der Waals surface area contributed by atoms with Crippen LogP contribution in [0, 0.1) is 12.7 Å². The van der Waals surface area contributed by atoms with Gasteiger partial charge in [0.15, 0.2) is 11.6 Å². The maximum atomic E-state index is 14.3. The van der Waals surface area contributed by atoms with Gasteiger partial charge >= 0.3 is 0 Å². The molecule has 8 heteroatoms. The first-order valence-electron chi connectivity index (χ1n) is 10.7. The number of amides is 1. The lowest BCUT2D eigenvalue weighted by Gasteiger charge is -2.21. The van der Waals surface area contributed by atoms with Crippen LogP contribution in [0.3, 0.4) is 0 Å². The third-order valence-corrected chi connectivity index (χ3v) is 5.34. The number of carbonyl (C=O) groups is 1. The van der Waals surface area contributed by atoms with Gasteiger partial charge in [-0.1, -0.05) is 19.8 Å². The van der Waals surface area contributed by atoms with Gasteiger partial charge in [-0.15, -0.1) is 0 Å². The van der Waals surface area contributed by atoms with E-state index in [1.54, 1.807) is 0 Å². The predicted molar refractivity (Wildman–Crippen MR) is 119 cm³/mol. The molecule has 0 spiro atoms. The van der Waals surface area contributed by atoms with Crippen LogP contribution in [0.5, 0.6) is 0 Å². The van der Waals surface area contributed by atoms with Crippen molar-refractivity contribution in [2.45, 2.75) is 58.4 Å². The van der Waals surface area contributed by atoms with Crippen LogP contribution in [-0.2, 0) is 4.79 Å². The van der Waals surface area contributed by atoms with Crippen molar-refractivity contribution >= 4 is 29.0 Å². The Labute approximate surface area is 177 Å². The molecule has 1 atom stereocenters. The first kappa shape index (κ1) is 21.8. The zero-order chi connectivity index (χ0) is 21.5. The number of unbranched alkanes of at least 4 members (excludes halogenated alkanes) is 1. The summed E-state index contributed by atoms with van der Waals surface area (Å²) in [6, 6.07) is 5.86. The monoisotopic (exact) mass is 414 g/mol. The Morgan fingerprint density at radius 3 is 2.77 bits per heavy atom. The molecule has 1 unspecified atom stereocenters. The minimum Gasteiger partial charge on any atom is -0.371 e. The summed E-state index contributed by atoms with van der Waals surface area (Å²) in [5.74, 6) is -0.627. The molecular formula is C22H31FN6O. The largest absolute Gasteiger partial charge is 0.371 e. The molecule has 7 nitrogen and oxygen atoms in total. The summed E-state index contributed by atoms with van der Waals surface area (Å²) in [7, 11) is 0. The SMILES string of the molecule is CCCCC(CC(N)=O)Nc1nc(Nc2ccc(N3CCCC3)c(C)c2)ncc1F. The second-order valence-electron chi connectivity index (χ2n) is 7.86. The van der Waals surface area contributed by atoms with Gasteiger partial charge in [0.25, 0.3) is 0 Å². The van der Waals surface area contributed by atoms with E-state index in [1.165, 1.54) is 24.1 Å². The lowest BCUT2D eigenvalue weighted by atomic mass is 10.1. The van der Waals surface area contributed by atoms with Gasteiger partial charge in [0.05, 0.1) is 6.20 Å². The Kier molecular flexibility index (Phi) is 7.43. The first-order valence-corrected chi connectivity index (χ1v) is 10.7. The smallest absolute Gasteiger partial charge is 0.229 e. The highest BCUT2D eigenvalue weighted by Gasteiger charge is 2.17. The van der Waals surface area contributed by atoms with Gasteiger partial charge < -0.3 is 21.3 Å². The van der Waals surface area contributed by atoms with Crippen molar-refractivity contribution in [3.8, 4) is 0 Å². The lowest BCUT2D eigenvalue weighted by molar-refractivity contribution is -0.118. The van der Waals surface area contributed by atoms with E-state index in [9.17, 15) is 9.18 Å². The van der Waals surface area contributed by atoms with Crippen molar-refractivity contribution in [2.24, 2.45) is 5.73 Å². The van der Waals surface area contributed by atoms with Gasteiger partial charge in [-0.25, -0.2) is 9.37 Å². The molecule has 1 amide bonds. The quantitative estimate of drug-likeness (QED) is 0.541. The minimum absolute atomic E-state index is 0.0697. The van der Waals surface area contributed by atoms with Crippen LogP contribution in [0.1, 0.15) is 51.0 Å². The molecule has 162 valence electrons. The van der Waals surface area contributed by atoms with E-state index in [-0.39, 0.29) is 18.3 Å². The Morgan fingerprint density at radius 2 is 2.10 bits per heavy atom. The fraction of sp³-hybridized carbons (Fsp3) is 0.500. The van der Waals surface area contributed by atoms with E-state index in [4.69, 9.17) is 5.73 Å². The highest BCUT2D eigenvalue weighted by atomic mass is 19.1. The van der Waals surface area contributed by atoms with E-state index in [0.29, 0.717) is 12.4 Å². The van der Waals surface area contributed by atoms with Crippen molar-refractivity contribution in [1.82, 2.24) is 9.97 Å². The molecule has 1 aliphatic heterocycles. The molecule has 2 heterocycles. The second-order valence-corrected chi connectivity index (χ2v) is 7.86. The Balaban J connectivity index is 1.72. The number of halogens is 1. The van der Waals surface area contributed by atoms with E-state index in [2.05, 4.69) is 45.4 Å². The molecule has 0 saturated carbocycles. The zero-order valence-corrected chi connectivity index (χ0v) is 17.7. The minimum atomic E-state index is -0.563. The molecule has 1 fully saturated rings. The fourth-order valence-corrected chi connectivity index (χ4v) is 3.82. The van der Waals surface area contributed by atoms with Gasteiger partial charge in [0, 0.05) is 36.9 Å². The Bertz CT molecular complexity index is 869. The van der Waals surface area contributed by atoms with Crippen LogP contribution < -0.4 is 21.3 Å². The second kappa shape index (κ2) is 10.2. The number of carbonyl (C=O) groups excluding carboxylic acids is 1. The van der Waals surface area contributed by atoms with E-state index in [0.717, 1.165) is 37.8 Å². The average Bonchev–Trinajstić information content (AvgIpc) is 3.23. The number of nitrogens with two attached hydrogens (primary N) is 1. The fourth-order valence-electron chi connectivity index (χ4n) is 3.82. The van der Waals surface area contributed by atoms with Gasteiger partial charge in [-0.3, -0.25) is 4.79 Å². The molecular weight excluding hydrogens is 383 g/mol. The molecule has 3 rings (SSSR count). The zero-order valence-electron chi connectivity index (χ0n) is 17.7. The van der Waals surface area contributed by atoms with Crippen LogP contribution >= 0.6 is 0 Å². The number of nitrogens with one attached hydrogen (secondary N) is 2. The van der Waals surface area contributed by atoms with E-state index < -0.39 is 11.7 Å². The molecule has 0 bridgehead atoms. The van der Waals surface area contributed by atoms with Crippen molar-refractivity contribution in [2.75, 3.05) is 28.6 Å². The number of hydrogen-bond donors (Lipinski definition) is 3. The van der Waals surface area contributed by atoms with Crippen molar-refractivity contribution in [3.05, 3.63) is 35.8 Å². The summed E-state index contributed by atoms with van der Waals surface area (Å²) in [5, 5.41) is 6.17. The maximum Gasteiger partial charge on any atom is 0.229 e. The van der Waals surface area contributed by atoms with Crippen LogP contribution in [0.2, 0.25) is 0 Å². The summed E-state index contributed by atoms with van der Waals surface area (Å²) in [6.45, 7) is 6.33. The molecule has 0 aliphatic carbocycles. The Hall–Kier alpha value is -2.90. The standard InChI is InChI=1S/C22H31FN6O/c1-3-4-7-16(13-20(24)30)26-21-18(23)14-25-22(28-21)27-17-8-9-19(15(2)12-17)29-10-5-6-11-29/h8-9,12,14,16H,3-7,10-11,13H2,1-2H3,(H2,24,30)(H2,25,26,27,28). The Morgan fingerprint density at radius 1 is 1.33 bits per heavy atom. The predicted octanol–water partition coefficient (Wildman–Crippen LogP) is 4.11. The number of benzene rings is 1. The third kappa shape index (κ3) is 5.81. The molecule has 0 radical (unpaired) electrons. The van der Waals surface area contributed by atoms with Crippen LogP contribution in [0.4, 0.5) is 27.5 Å². The third-order valence-electron chi connectivity index (χ3n) is 5.34. The van der Waals surface area contributed by atoms with Gasteiger partial charge in [-0.2, -0.15) is 4.98 Å². The number of aryl methyl sites for hydroxylation is 1. The number of hydrogen-bond acceptors (Lipinski definition) is 6. The van der Waals surface area contributed by atoms with Crippen LogP contribution in [0.15, 0.2) is 24.4 Å². The van der Waals surface area contributed by atoms with Crippen LogP contribution in [0.25, 0.3) is 0 Å². The van der Waals surface area contributed by atoms with E-state index >= 15 is 0 Å². The summed E-state index contributed by atoms with van der Waals surface area (Å²) in [6.07, 6.45) is 6.31. The van der Waals surface area contributed by atoms with Gasteiger partial charge in [0.1, 0.15) is 0 Å². The normalized spacial score (nSPS) is 14.6. The molecule has 2 aromatic rings. The number of rotatable bonds is 10. The average molecular weight is 415 g/mol. The number of nitrogens with zero attached hydrogens (tertiary/aromatic N) is 3. The summed E-state index contributed by atoms with van der Waals surface area (Å²) in [4.78, 5) is 22.1. The van der Waals surface area contributed by atoms with Gasteiger partial charge in [-0.05, 0) is 49.9 Å². The van der Waals surface area contributed by atoms with Crippen molar-refractivity contribution < 1.29 is 9.18 Å². The molecule has 4 N–H and O–H groups in total. The number of aromatic nitrogens is 2. The topological polar surface area (TPSA) is 96.2 Å². The maximum absolute atomic E-state index is 14.3. The first-order chi connectivity index (χ1) is 14.5. The van der Waals surface area contributed by atoms with Crippen molar-refractivity contribution in [3.63, 3.8) is 0 Å². The lowest BCUT2D eigenvalue weighted by Crippen LogP contribution is -2.28. The summed E-state index contributed by atoms with van der Waals surface area (Å²) < 4.78 is 14.3. The van der Waals surface area contributed by atoms with E-state index in [1.807, 2.05) is 12.1 Å². The highest BCUT2D eigenvalue weighted by Crippen LogP contribution is 2.28. The summed E-state index contributed by atoms with van der Waals surface area (Å²) >= 11 is 0.